The van der Waals surface area contributed by atoms with E-state index in [2.05, 4.69) is 0 Å². The quantitative estimate of drug-likeness (QED) is 0.540. The average Bonchev–Trinajstić information content (AvgIpc) is 2.46. The van der Waals surface area contributed by atoms with Gasteiger partial charge in [0.15, 0.2) is 9.79 Å². The van der Waals surface area contributed by atoms with E-state index in [1.165, 1.54) is 48.5 Å². The smallest absolute Gasteiger partial charge is 0.606 e. The summed E-state index contributed by atoms with van der Waals surface area (Å²) in [5.74, 6) is -2.94. The predicted molar refractivity (Wildman–Crippen MR) is 72.0 cm³/mol. The molecule has 0 amide bonds. The molecule has 0 saturated heterocycles. The number of aromatic carboxylic acids is 2. The van der Waals surface area contributed by atoms with E-state index >= 15 is 0 Å². The van der Waals surface area contributed by atoms with Crippen molar-refractivity contribution in [1.29, 1.82) is 0 Å². The van der Waals surface area contributed by atoms with Gasteiger partial charge in [-0.2, -0.15) is 0 Å². The Morgan fingerprint density at radius 2 is 1.10 bits per heavy atom. The number of rotatable bonds is 4. The van der Waals surface area contributed by atoms with Gasteiger partial charge in [0, 0.05) is 11.2 Å². The van der Waals surface area contributed by atoms with Gasteiger partial charge in [-0.3, -0.25) is 0 Å². The van der Waals surface area contributed by atoms with Gasteiger partial charge in [-0.05, 0) is 24.3 Å². The third-order valence-corrected chi connectivity index (χ3v) is 4.12. The Kier molecular flexibility index (Phi) is 6.70. The van der Waals surface area contributed by atoms with E-state index in [1.54, 1.807) is 0 Å². The monoisotopic (exact) mass is 328 g/mol. The molecule has 7 heteroatoms. The Morgan fingerprint density at radius 1 is 0.762 bits per heavy atom. The summed E-state index contributed by atoms with van der Waals surface area (Å²) in [6, 6.07) is 11.2. The van der Waals surface area contributed by atoms with Crippen LogP contribution in [0, 0.1) is 0 Å². The molecule has 21 heavy (non-hydrogen) atoms. The van der Waals surface area contributed by atoms with Crippen molar-refractivity contribution in [1.82, 2.24) is 0 Å². The average molecular weight is 328 g/mol. The molecule has 2 rings (SSSR count). The van der Waals surface area contributed by atoms with Crippen LogP contribution in [0.4, 0.5) is 0 Å². The van der Waals surface area contributed by atoms with Crippen molar-refractivity contribution in [2.45, 2.75) is 9.79 Å². The maximum atomic E-state index is 12.4. The number of carboxylic acids is 2. The second kappa shape index (κ2) is 7.82. The maximum absolute atomic E-state index is 12.4. The maximum Gasteiger partial charge on any atom is 2.00 e. The molecule has 0 fully saturated rings. The predicted octanol–water partition coefficient (Wildman–Crippen LogP) is -0.800. The fraction of sp³-hybridized carbons (Fsp3) is 0. The zero-order valence-corrected chi connectivity index (χ0v) is 13.8. The van der Waals surface area contributed by atoms with Crippen LogP contribution in [0.1, 0.15) is 20.7 Å². The molecule has 5 nitrogen and oxygen atoms in total. The van der Waals surface area contributed by atoms with Crippen LogP contribution in [0.2, 0.25) is 0 Å². The molecule has 0 aliphatic rings. The molecule has 0 saturated carbocycles. The molecule has 0 radical (unpaired) electrons. The first-order valence-corrected chi connectivity index (χ1v) is 6.70. The molecule has 0 atom stereocenters. The van der Waals surface area contributed by atoms with Crippen molar-refractivity contribution in [3.8, 4) is 0 Å². The zero-order valence-electron chi connectivity index (χ0n) is 10.8. The number of carboxylic acid groups (broad SMARTS) is 2. The summed E-state index contributed by atoms with van der Waals surface area (Å²) in [5, 5.41) is 22.0. The molecule has 0 spiro atoms. The summed E-state index contributed by atoms with van der Waals surface area (Å²) >= 11 is -1.95. The molecule has 2 aromatic carbocycles. The van der Waals surface area contributed by atoms with E-state index in [-0.39, 0.29) is 58.7 Å². The molecular weight excluding hydrogens is 320 g/mol. The van der Waals surface area contributed by atoms with Crippen LogP contribution in [0.25, 0.3) is 0 Å². The summed E-state index contributed by atoms with van der Waals surface area (Å²) in [5.41, 5.74) is -0.474. The van der Waals surface area contributed by atoms with E-state index in [9.17, 15) is 24.4 Å². The minimum Gasteiger partial charge on any atom is -0.606 e. The third kappa shape index (κ3) is 3.99. The molecular formula is C14H8CaO5S. The molecule has 0 N–H and O–H groups in total. The largest absolute Gasteiger partial charge is 2.00 e. The summed E-state index contributed by atoms with van der Waals surface area (Å²) in [4.78, 5) is 22.0. The van der Waals surface area contributed by atoms with Crippen molar-refractivity contribution in [2.24, 2.45) is 0 Å². The standard InChI is InChI=1S/C14H10O5S.Ca/c15-13(16)9-5-1-3-7-11(9)20(19)12-8-4-2-6-10(12)14(17)18;/h1-8H,(H,15,16)(H,17,18);/q;+2/p-2. The van der Waals surface area contributed by atoms with E-state index in [0.29, 0.717) is 0 Å². The Hall–Kier alpha value is -1.05. The fourth-order valence-electron chi connectivity index (χ4n) is 1.71. The van der Waals surface area contributed by atoms with E-state index in [1.807, 2.05) is 0 Å². The molecule has 0 aromatic heterocycles. The SMILES string of the molecule is O=C([O-])c1ccccc1[S+]([O-])c1ccccc1C(=O)[O-].[Ca+2]. The Bertz CT molecular complexity index is 616. The van der Waals surface area contributed by atoms with Gasteiger partial charge in [-0.1, -0.05) is 24.3 Å². The summed E-state index contributed by atoms with van der Waals surface area (Å²) in [6.45, 7) is 0. The molecule has 0 heterocycles. The van der Waals surface area contributed by atoms with Crippen LogP contribution in [0.3, 0.4) is 0 Å². The number of hydrogen-bond acceptors (Lipinski definition) is 5. The molecule has 0 aliphatic heterocycles. The molecule has 0 unspecified atom stereocenters. The van der Waals surface area contributed by atoms with E-state index in [4.69, 9.17) is 0 Å². The number of carbonyl (C=O) groups is 2. The van der Waals surface area contributed by atoms with Crippen molar-refractivity contribution in [3.63, 3.8) is 0 Å². The van der Waals surface area contributed by atoms with Gasteiger partial charge >= 0.3 is 37.7 Å². The second-order valence-corrected chi connectivity index (χ2v) is 5.25. The molecule has 102 valence electrons. The molecule has 2 aromatic rings. The van der Waals surface area contributed by atoms with Crippen LogP contribution >= 0.6 is 0 Å². The van der Waals surface area contributed by atoms with Crippen LogP contribution in [-0.2, 0) is 11.2 Å². The van der Waals surface area contributed by atoms with Crippen molar-refractivity contribution >= 4 is 60.9 Å². The minimum atomic E-state index is -1.95. The third-order valence-electron chi connectivity index (χ3n) is 2.61. The van der Waals surface area contributed by atoms with Crippen molar-refractivity contribution in [2.75, 3.05) is 0 Å². The topological polar surface area (TPSA) is 103 Å². The van der Waals surface area contributed by atoms with Crippen LogP contribution in [0.5, 0.6) is 0 Å². The normalized spacial score (nSPS) is 10.0. The second-order valence-electron chi connectivity index (χ2n) is 3.84. The van der Waals surface area contributed by atoms with E-state index < -0.39 is 23.1 Å². The van der Waals surface area contributed by atoms with Crippen LogP contribution in [-0.4, -0.2) is 54.2 Å². The Labute approximate surface area is 153 Å². The van der Waals surface area contributed by atoms with Gasteiger partial charge in [0.05, 0.1) is 23.1 Å². The number of carbonyl (C=O) groups excluding carboxylic acids is 2. The van der Waals surface area contributed by atoms with Gasteiger partial charge < -0.3 is 24.4 Å². The van der Waals surface area contributed by atoms with E-state index in [0.717, 1.165) is 0 Å². The molecule has 0 aliphatic carbocycles. The van der Waals surface area contributed by atoms with Crippen LogP contribution < -0.4 is 10.2 Å². The fourth-order valence-corrected chi connectivity index (χ4v) is 3.06. The van der Waals surface area contributed by atoms with Crippen LogP contribution in [0.15, 0.2) is 58.3 Å². The zero-order chi connectivity index (χ0) is 14.7. The summed E-state index contributed by atoms with van der Waals surface area (Å²) in [6.07, 6.45) is 0. The van der Waals surface area contributed by atoms with Gasteiger partial charge in [-0.25, -0.2) is 0 Å². The first-order chi connectivity index (χ1) is 9.52. The van der Waals surface area contributed by atoms with Gasteiger partial charge in [0.25, 0.3) is 0 Å². The first-order valence-electron chi connectivity index (χ1n) is 5.55. The first kappa shape index (κ1) is 18.0. The van der Waals surface area contributed by atoms with Gasteiger partial charge in [0.1, 0.15) is 0 Å². The van der Waals surface area contributed by atoms with Crippen molar-refractivity contribution in [3.05, 3.63) is 59.7 Å². The van der Waals surface area contributed by atoms with Crippen molar-refractivity contribution < 1.29 is 24.4 Å². The minimum absolute atomic E-state index is 0. The van der Waals surface area contributed by atoms with Gasteiger partial charge in [0.2, 0.25) is 0 Å². The number of hydrogen-bond donors (Lipinski definition) is 0. The molecule has 0 bridgehead atoms. The Balaban J connectivity index is 0.00000220. The Morgan fingerprint density at radius 3 is 1.43 bits per heavy atom. The summed E-state index contributed by atoms with van der Waals surface area (Å²) in [7, 11) is 0. The summed E-state index contributed by atoms with van der Waals surface area (Å²) < 4.78 is 12.4. The van der Waals surface area contributed by atoms with Gasteiger partial charge in [-0.15, -0.1) is 0 Å². The number of benzene rings is 2.